The molecule has 2 N–H and O–H groups in total. The molecule has 9 nitrogen and oxygen atoms in total. The lowest BCUT2D eigenvalue weighted by atomic mass is 10.1. The van der Waals surface area contributed by atoms with Gasteiger partial charge in [0.1, 0.15) is 31.7 Å². The third-order valence-corrected chi connectivity index (χ3v) is 3.30. The summed E-state index contributed by atoms with van der Waals surface area (Å²) in [6, 6.07) is 1.17. The molecule has 1 aromatic rings. The second kappa shape index (κ2) is 8.05. The summed E-state index contributed by atoms with van der Waals surface area (Å²) in [5.74, 6) is 2.28. The molecule has 1 fully saturated rings. The largest absolute Gasteiger partial charge is 0.387 e. The first-order valence-electron chi connectivity index (χ1n) is 6.85. The summed E-state index contributed by atoms with van der Waals surface area (Å²) in [5.41, 5.74) is -1.21. The highest BCUT2D eigenvalue weighted by Crippen LogP contribution is 2.30. The second-order valence-electron chi connectivity index (χ2n) is 4.83. The monoisotopic (exact) mass is 326 g/mol. The molecule has 4 atom stereocenters. The number of aliphatic hydroxyl groups excluding tert-OH is 1. The van der Waals surface area contributed by atoms with E-state index in [2.05, 4.69) is 10.9 Å². The molecular weight excluding hydrogens is 308 g/mol. The van der Waals surface area contributed by atoms with Crippen molar-refractivity contribution in [2.24, 2.45) is 0 Å². The van der Waals surface area contributed by atoms with Crippen LogP contribution in [-0.4, -0.2) is 60.1 Å². The van der Waals surface area contributed by atoms with E-state index >= 15 is 0 Å². The SMILES string of the molecule is C#CCOCOC1C(O)C(COC)OC1n1ccc(=O)[nH]c1=O. The molecule has 2 rings (SSSR count). The zero-order valence-electron chi connectivity index (χ0n) is 12.5. The highest BCUT2D eigenvalue weighted by Gasteiger charge is 2.46. The smallest absolute Gasteiger partial charge is 0.330 e. The molecule has 1 aromatic heterocycles. The standard InChI is InChI=1S/C14H18N2O7/c1-3-6-21-8-22-12-11(18)9(7-20-2)23-13(12)16-5-4-10(17)15-14(16)19/h1,4-5,9,11-13,18H,6-8H2,2H3,(H,15,17,19). The Balaban J connectivity index is 2.20. The highest BCUT2D eigenvalue weighted by atomic mass is 16.7. The number of ether oxygens (including phenoxy) is 4. The third kappa shape index (κ3) is 4.07. The van der Waals surface area contributed by atoms with Crippen LogP contribution >= 0.6 is 0 Å². The Kier molecular flexibility index (Phi) is 6.09. The Morgan fingerprint density at radius 3 is 2.96 bits per heavy atom. The first kappa shape index (κ1) is 17.4. The van der Waals surface area contributed by atoms with Gasteiger partial charge in [-0.1, -0.05) is 5.92 Å². The van der Waals surface area contributed by atoms with Crippen LogP contribution in [0, 0.1) is 12.3 Å². The van der Waals surface area contributed by atoms with E-state index in [1.165, 1.54) is 19.4 Å². The lowest BCUT2D eigenvalue weighted by Crippen LogP contribution is -2.39. The molecule has 0 aromatic carbocycles. The van der Waals surface area contributed by atoms with Crippen molar-refractivity contribution in [1.29, 1.82) is 0 Å². The molecule has 2 heterocycles. The molecule has 0 saturated carbocycles. The van der Waals surface area contributed by atoms with Gasteiger partial charge < -0.3 is 24.1 Å². The predicted octanol–water partition coefficient (Wildman–Crippen LogP) is -1.57. The molecule has 0 amide bonds. The summed E-state index contributed by atoms with van der Waals surface area (Å²) in [4.78, 5) is 25.2. The van der Waals surface area contributed by atoms with Crippen molar-refractivity contribution in [2.75, 3.05) is 27.1 Å². The van der Waals surface area contributed by atoms with Crippen molar-refractivity contribution < 1.29 is 24.1 Å². The lowest BCUT2D eigenvalue weighted by molar-refractivity contribution is -0.135. The highest BCUT2D eigenvalue weighted by molar-refractivity contribution is 4.94. The first-order chi connectivity index (χ1) is 11.1. The van der Waals surface area contributed by atoms with Crippen molar-refractivity contribution in [3.63, 3.8) is 0 Å². The van der Waals surface area contributed by atoms with Gasteiger partial charge in [0.15, 0.2) is 6.23 Å². The minimum absolute atomic E-state index is 0.0500. The summed E-state index contributed by atoms with van der Waals surface area (Å²) < 4.78 is 22.2. The molecule has 1 saturated heterocycles. The summed E-state index contributed by atoms with van der Waals surface area (Å²) in [6.07, 6.45) is 2.76. The number of rotatable bonds is 7. The zero-order valence-corrected chi connectivity index (χ0v) is 12.5. The zero-order chi connectivity index (χ0) is 16.8. The first-order valence-corrected chi connectivity index (χ1v) is 6.85. The van der Waals surface area contributed by atoms with Gasteiger partial charge >= 0.3 is 5.69 Å². The van der Waals surface area contributed by atoms with E-state index in [-0.39, 0.29) is 20.0 Å². The number of aliphatic hydroxyl groups is 1. The number of nitrogens with one attached hydrogen (secondary N) is 1. The summed E-state index contributed by atoms with van der Waals surface area (Å²) in [7, 11) is 1.46. The minimum Gasteiger partial charge on any atom is -0.387 e. The number of hydrogen-bond donors (Lipinski definition) is 2. The van der Waals surface area contributed by atoms with Crippen LogP contribution in [0.1, 0.15) is 6.23 Å². The van der Waals surface area contributed by atoms with E-state index in [1.54, 1.807) is 0 Å². The van der Waals surface area contributed by atoms with Crippen LogP contribution in [0.15, 0.2) is 21.9 Å². The van der Waals surface area contributed by atoms with Crippen LogP contribution in [0.25, 0.3) is 0 Å². The average molecular weight is 326 g/mol. The normalized spacial score (nSPS) is 27.0. The third-order valence-electron chi connectivity index (χ3n) is 3.30. The van der Waals surface area contributed by atoms with Crippen LogP contribution in [0.2, 0.25) is 0 Å². The molecular formula is C14H18N2O7. The van der Waals surface area contributed by atoms with Crippen molar-refractivity contribution in [3.05, 3.63) is 33.1 Å². The Bertz CT molecular complexity index is 662. The van der Waals surface area contributed by atoms with Crippen molar-refractivity contribution >= 4 is 0 Å². The number of hydrogen-bond acceptors (Lipinski definition) is 7. The molecule has 1 aliphatic heterocycles. The molecule has 23 heavy (non-hydrogen) atoms. The Hall–Kier alpha value is -1.96. The van der Waals surface area contributed by atoms with Gasteiger partial charge in [0.25, 0.3) is 5.56 Å². The van der Waals surface area contributed by atoms with E-state index < -0.39 is 35.8 Å². The van der Waals surface area contributed by atoms with Gasteiger partial charge in [0.05, 0.1) is 6.61 Å². The maximum Gasteiger partial charge on any atom is 0.330 e. The van der Waals surface area contributed by atoms with E-state index in [0.717, 1.165) is 4.57 Å². The quantitative estimate of drug-likeness (QED) is 0.354. The van der Waals surface area contributed by atoms with Gasteiger partial charge in [-0.3, -0.25) is 14.3 Å². The second-order valence-corrected chi connectivity index (χ2v) is 4.83. The van der Waals surface area contributed by atoms with Gasteiger partial charge in [-0.05, 0) is 0 Å². The minimum atomic E-state index is -1.05. The Morgan fingerprint density at radius 2 is 2.30 bits per heavy atom. The summed E-state index contributed by atoms with van der Waals surface area (Å²) in [5, 5.41) is 10.3. The van der Waals surface area contributed by atoms with E-state index in [9.17, 15) is 14.7 Å². The van der Waals surface area contributed by atoms with E-state index in [4.69, 9.17) is 25.4 Å². The molecule has 0 aliphatic carbocycles. The van der Waals surface area contributed by atoms with Gasteiger partial charge in [-0.25, -0.2) is 4.79 Å². The molecule has 0 spiro atoms. The maximum atomic E-state index is 11.9. The van der Waals surface area contributed by atoms with Gasteiger partial charge in [-0.2, -0.15) is 0 Å². The molecule has 0 radical (unpaired) electrons. The van der Waals surface area contributed by atoms with E-state index in [0.29, 0.717) is 0 Å². The van der Waals surface area contributed by atoms with E-state index in [1.807, 2.05) is 0 Å². The molecule has 0 bridgehead atoms. The summed E-state index contributed by atoms with van der Waals surface area (Å²) >= 11 is 0. The van der Waals surface area contributed by atoms with Gasteiger partial charge in [-0.15, -0.1) is 6.42 Å². The number of H-pyrrole nitrogens is 1. The van der Waals surface area contributed by atoms with Crippen molar-refractivity contribution in [3.8, 4) is 12.3 Å². The van der Waals surface area contributed by atoms with Gasteiger partial charge in [0, 0.05) is 19.4 Å². The van der Waals surface area contributed by atoms with Crippen LogP contribution in [0.5, 0.6) is 0 Å². The Morgan fingerprint density at radius 1 is 1.52 bits per heavy atom. The van der Waals surface area contributed by atoms with Crippen LogP contribution < -0.4 is 11.2 Å². The molecule has 1 aliphatic rings. The molecule has 9 heteroatoms. The fourth-order valence-electron chi connectivity index (χ4n) is 2.28. The lowest BCUT2D eigenvalue weighted by Gasteiger charge is -2.21. The van der Waals surface area contributed by atoms with Crippen LogP contribution in [0.4, 0.5) is 0 Å². The predicted molar refractivity (Wildman–Crippen MR) is 77.6 cm³/mol. The van der Waals surface area contributed by atoms with Crippen LogP contribution in [0.3, 0.4) is 0 Å². The number of terminal acetylenes is 1. The Labute approximate surface area is 131 Å². The fraction of sp³-hybridized carbons (Fsp3) is 0.571. The van der Waals surface area contributed by atoms with Gasteiger partial charge in [0.2, 0.25) is 0 Å². The molecule has 4 unspecified atom stereocenters. The van der Waals surface area contributed by atoms with Crippen LogP contribution in [-0.2, 0) is 18.9 Å². The molecule has 126 valence electrons. The van der Waals surface area contributed by atoms with Crippen molar-refractivity contribution in [1.82, 2.24) is 9.55 Å². The number of aromatic amines is 1. The summed E-state index contributed by atoms with van der Waals surface area (Å²) in [6.45, 7) is -0.0150. The number of nitrogens with zero attached hydrogens (tertiary/aromatic N) is 1. The topological polar surface area (TPSA) is 112 Å². The average Bonchev–Trinajstić information content (AvgIpc) is 2.81. The maximum absolute atomic E-state index is 11.9. The number of methoxy groups -OCH3 is 1. The fourth-order valence-corrected chi connectivity index (χ4v) is 2.28. The van der Waals surface area contributed by atoms with Crippen molar-refractivity contribution in [2.45, 2.75) is 24.5 Å². The number of aromatic nitrogens is 2.